The van der Waals surface area contributed by atoms with Gasteiger partial charge in [-0.05, 0) is 52.0 Å². The summed E-state index contributed by atoms with van der Waals surface area (Å²) in [4.78, 5) is 0. The van der Waals surface area contributed by atoms with Crippen LogP contribution in [0.4, 0.5) is 0 Å². The zero-order valence-electron chi connectivity index (χ0n) is 12.5. The van der Waals surface area contributed by atoms with Crippen molar-refractivity contribution < 1.29 is 13.2 Å². The third-order valence-electron chi connectivity index (χ3n) is 3.96. The van der Waals surface area contributed by atoms with Gasteiger partial charge >= 0.3 is 0 Å². The first kappa shape index (κ1) is 16.9. The Morgan fingerprint density at radius 2 is 2.16 bits per heavy atom. The summed E-state index contributed by atoms with van der Waals surface area (Å²) in [6.45, 7) is 5.68. The zero-order chi connectivity index (χ0) is 14.3. The van der Waals surface area contributed by atoms with E-state index in [-0.39, 0.29) is 11.3 Å². The minimum Gasteiger partial charge on any atom is -0.378 e. The van der Waals surface area contributed by atoms with Crippen LogP contribution in [-0.2, 0) is 14.6 Å². The van der Waals surface area contributed by atoms with Gasteiger partial charge in [-0.2, -0.15) is 0 Å². The Morgan fingerprint density at radius 1 is 1.42 bits per heavy atom. The Balaban J connectivity index is 2.39. The zero-order valence-corrected chi connectivity index (χ0v) is 13.3. The molecule has 0 radical (unpaired) electrons. The first-order chi connectivity index (χ1) is 8.95. The second-order valence-corrected chi connectivity index (χ2v) is 8.06. The highest BCUT2D eigenvalue weighted by Crippen LogP contribution is 2.19. The van der Waals surface area contributed by atoms with Gasteiger partial charge in [-0.25, -0.2) is 8.42 Å². The van der Waals surface area contributed by atoms with E-state index in [1.165, 1.54) is 12.7 Å². The fourth-order valence-corrected chi connectivity index (χ4v) is 3.40. The average Bonchev–Trinajstić information content (AvgIpc) is 2.84. The number of ether oxygens (including phenoxy) is 1. The van der Waals surface area contributed by atoms with Crippen molar-refractivity contribution in [1.82, 2.24) is 5.32 Å². The van der Waals surface area contributed by atoms with E-state index in [9.17, 15) is 8.42 Å². The minimum absolute atomic E-state index is 0.0661. The molecule has 4 nitrogen and oxygen atoms in total. The van der Waals surface area contributed by atoms with Crippen LogP contribution in [0.3, 0.4) is 0 Å². The molecule has 1 N–H and O–H groups in total. The average molecular weight is 291 g/mol. The first-order valence-electron chi connectivity index (χ1n) is 7.49. The van der Waals surface area contributed by atoms with Crippen LogP contribution in [0.25, 0.3) is 0 Å². The standard InChI is InChI=1S/C14H29NO3S/c1-4-10-15-14(12(2)19(3,16)17)9-5-7-13-8-6-11-18-13/h12-15H,4-11H2,1-3H3. The largest absolute Gasteiger partial charge is 0.378 e. The van der Waals surface area contributed by atoms with Crippen LogP contribution in [-0.4, -0.2) is 45.2 Å². The van der Waals surface area contributed by atoms with Crippen LogP contribution in [0.1, 0.15) is 52.4 Å². The summed E-state index contributed by atoms with van der Waals surface area (Å²) in [6.07, 6.45) is 8.09. The maximum Gasteiger partial charge on any atom is 0.151 e. The molecule has 5 heteroatoms. The quantitative estimate of drug-likeness (QED) is 0.707. The molecule has 114 valence electrons. The lowest BCUT2D eigenvalue weighted by atomic mass is 10.0. The second-order valence-electron chi connectivity index (χ2n) is 5.66. The van der Waals surface area contributed by atoms with E-state index in [0.29, 0.717) is 6.10 Å². The van der Waals surface area contributed by atoms with E-state index in [2.05, 4.69) is 12.2 Å². The molecule has 0 spiro atoms. The highest BCUT2D eigenvalue weighted by atomic mass is 32.2. The molecule has 0 aromatic rings. The molecule has 1 heterocycles. The molecule has 3 atom stereocenters. The molecule has 0 amide bonds. The van der Waals surface area contributed by atoms with Crippen molar-refractivity contribution in [3.05, 3.63) is 0 Å². The van der Waals surface area contributed by atoms with Crippen LogP contribution in [0, 0.1) is 0 Å². The molecule has 1 aliphatic rings. The third kappa shape index (κ3) is 6.23. The molecule has 1 saturated heterocycles. The number of nitrogens with one attached hydrogen (secondary N) is 1. The van der Waals surface area contributed by atoms with E-state index in [0.717, 1.165) is 45.3 Å². The topological polar surface area (TPSA) is 55.4 Å². The van der Waals surface area contributed by atoms with Gasteiger partial charge in [0.25, 0.3) is 0 Å². The van der Waals surface area contributed by atoms with E-state index < -0.39 is 9.84 Å². The highest BCUT2D eigenvalue weighted by Gasteiger charge is 2.25. The molecule has 0 aliphatic carbocycles. The van der Waals surface area contributed by atoms with Gasteiger partial charge in [0.1, 0.15) is 0 Å². The monoisotopic (exact) mass is 291 g/mol. The van der Waals surface area contributed by atoms with E-state index in [4.69, 9.17) is 4.74 Å². The molecule has 1 fully saturated rings. The predicted molar refractivity (Wildman–Crippen MR) is 79.2 cm³/mol. The highest BCUT2D eigenvalue weighted by molar-refractivity contribution is 7.91. The fourth-order valence-electron chi connectivity index (χ4n) is 2.57. The van der Waals surface area contributed by atoms with Gasteiger partial charge in [0, 0.05) is 18.9 Å². The SMILES string of the molecule is CCCNC(CCCC1CCCO1)C(C)S(C)(=O)=O. The Morgan fingerprint density at radius 3 is 2.68 bits per heavy atom. The maximum atomic E-state index is 11.7. The van der Waals surface area contributed by atoms with Gasteiger partial charge in [-0.3, -0.25) is 0 Å². The van der Waals surface area contributed by atoms with Crippen LogP contribution < -0.4 is 5.32 Å². The van der Waals surface area contributed by atoms with Crippen LogP contribution >= 0.6 is 0 Å². The summed E-state index contributed by atoms with van der Waals surface area (Å²) in [6, 6.07) is 0.0661. The molecule has 0 aromatic carbocycles. The Labute approximate surface area is 118 Å². The van der Waals surface area contributed by atoms with Crippen molar-refractivity contribution in [2.24, 2.45) is 0 Å². The summed E-state index contributed by atoms with van der Waals surface area (Å²) in [5.74, 6) is 0. The van der Waals surface area contributed by atoms with Crippen LogP contribution in [0.15, 0.2) is 0 Å². The lowest BCUT2D eigenvalue weighted by Gasteiger charge is -2.24. The van der Waals surface area contributed by atoms with Gasteiger partial charge in [0.2, 0.25) is 0 Å². The number of sulfone groups is 1. The van der Waals surface area contributed by atoms with Gasteiger partial charge in [-0.1, -0.05) is 6.92 Å². The van der Waals surface area contributed by atoms with Gasteiger partial charge in [-0.15, -0.1) is 0 Å². The number of rotatable bonds is 9. The van der Waals surface area contributed by atoms with Crippen LogP contribution in [0.5, 0.6) is 0 Å². The third-order valence-corrected chi connectivity index (χ3v) is 5.64. The molecule has 0 bridgehead atoms. The normalized spacial score (nSPS) is 23.4. The van der Waals surface area contributed by atoms with Crippen molar-refractivity contribution in [2.45, 2.75) is 69.8 Å². The van der Waals surface area contributed by atoms with Crippen molar-refractivity contribution in [2.75, 3.05) is 19.4 Å². The molecule has 19 heavy (non-hydrogen) atoms. The Kier molecular flexibility index (Phi) is 7.32. The molecular formula is C14H29NO3S. The smallest absolute Gasteiger partial charge is 0.151 e. The Hall–Kier alpha value is -0.130. The summed E-state index contributed by atoms with van der Waals surface area (Å²) >= 11 is 0. The number of hydrogen-bond donors (Lipinski definition) is 1. The van der Waals surface area contributed by atoms with Gasteiger partial charge in [0.05, 0.1) is 11.4 Å². The molecule has 1 aliphatic heterocycles. The van der Waals surface area contributed by atoms with Gasteiger partial charge in [0.15, 0.2) is 9.84 Å². The lowest BCUT2D eigenvalue weighted by Crippen LogP contribution is -2.42. The lowest BCUT2D eigenvalue weighted by molar-refractivity contribution is 0.101. The van der Waals surface area contributed by atoms with Gasteiger partial charge < -0.3 is 10.1 Å². The molecule has 0 saturated carbocycles. The van der Waals surface area contributed by atoms with E-state index in [1.807, 2.05) is 6.92 Å². The first-order valence-corrected chi connectivity index (χ1v) is 9.44. The van der Waals surface area contributed by atoms with Crippen LogP contribution in [0.2, 0.25) is 0 Å². The summed E-state index contributed by atoms with van der Waals surface area (Å²) in [5.41, 5.74) is 0. The molecule has 3 unspecified atom stereocenters. The summed E-state index contributed by atoms with van der Waals surface area (Å²) < 4.78 is 29.0. The second kappa shape index (κ2) is 8.22. The molecular weight excluding hydrogens is 262 g/mol. The van der Waals surface area contributed by atoms with Crippen molar-refractivity contribution in [3.8, 4) is 0 Å². The predicted octanol–water partition coefficient (Wildman–Crippen LogP) is 2.14. The van der Waals surface area contributed by atoms with E-state index >= 15 is 0 Å². The summed E-state index contributed by atoms with van der Waals surface area (Å²) in [7, 11) is -2.98. The summed E-state index contributed by atoms with van der Waals surface area (Å²) in [5, 5.41) is 3.06. The molecule has 0 aromatic heterocycles. The fraction of sp³-hybridized carbons (Fsp3) is 1.00. The van der Waals surface area contributed by atoms with E-state index in [1.54, 1.807) is 0 Å². The Bertz CT molecular complexity index is 337. The van der Waals surface area contributed by atoms with Crippen molar-refractivity contribution in [3.63, 3.8) is 0 Å². The van der Waals surface area contributed by atoms with Crippen molar-refractivity contribution >= 4 is 9.84 Å². The number of hydrogen-bond acceptors (Lipinski definition) is 4. The minimum atomic E-state index is -2.98. The molecule has 1 rings (SSSR count). The maximum absolute atomic E-state index is 11.7. The van der Waals surface area contributed by atoms with Crippen molar-refractivity contribution in [1.29, 1.82) is 0 Å².